The van der Waals surface area contributed by atoms with E-state index in [1.807, 2.05) is 67.8 Å². The number of hydrogen-bond acceptors (Lipinski definition) is 4. The maximum absolute atomic E-state index is 13.7. The van der Waals surface area contributed by atoms with Crippen LogP contribution < -0.4 is 5.56 Å². The van der Waals surface area contributed by atoms with Gasteiger partial charge < -0.3 is 0 Å². The van der Waals surface area contributed by atoms with Gasteiger partial charge in [0.15, 0.2) is 11.3 Å². The standard InChI is InChI=1S/C24H23N5O/c1-5-15(3)28-16(4)25-22-20(24(28)30)21-23(27-19-12-7-6-11-18(19)26-21)29(22)17-10-8-9-14(2)13-17/h6-13,15H,5H2,1-4H3. The van der Waals surface area contributed by atoms with E-state index in [4.69, 9.17) is 15.0 Å². The maximum Gasteiger partial charge on any atom is 0.265 e. The van der Waals surface area contributed by atoms with Crippen LogP contribution in [0.4, 0.5) is 0 Å². The van der Waals surface area contributed by atoms with E-state index in [0.717, 1.165) is 28.7 Å². The van der Waals surface area contributed by atoms with Gasteiger partial charge >= 0.3 is 0 Å². The van der Waals surface area contributed by atoms with Crippen molar-refractivity contribution in [2.24, 2.45) is 0 Å². The van der Waals surface area contributed by atoms with Crippen molar-refractivity contribution in [3.05, 3.63) is 70.3 Å². The summed E-state index contributed by atoms with van der Waals surface area (Å²) in [6, 6.07) is 15.9. The lowest BCUT2D eigenvalue weighted by Crippen LogP contribution is -2.26. The van der Waals surface area contributed by atoms with Gasteiger partial charge in [-0.3, -0.25) is 13.9 Å². The van der Waals surface area contributed by atoms with Crippen LogP contribution in [-0.4, -0.2) is 24.1 Å². The van der Waals surface area contributed by atoms with Crippen LogP contribution in [-0.2, 0) is 0 Å². The number of fused-ring (bicyclic) bond motifs is 4. The Labute approximate surface area is 173 Å². The van der Waals surface area contributed by atoms with Crippen molar-refractivity contribution < 1.29 is 0 Å². The molecule has 0 aliphatic carbocycles. The van der Waals surface area contributed by atoms with Crippen molar-refractivity contribution in [1.82, 2.24) is 24.1 Å². The Morgan fingerprint density at radius 2 is 1.67 bits per heavy atom. The van der Waals surface area contributed by atoms with E-state index in [1.165, 1.54) is 0 Å². The van der Waals surface area contributed by atoms with Crippen molar-refractivity contribution >= 4 is 33.2 Å². The summed E-state index contributed by atoms with van der Waals surface area (Å²) in [6.45, 7) is 8.06. The summed E-state index contributed by atoms with van der Waals surface area (Å²) in [5, 5.41) is 0.524. The molecule has 2 aromatic carbocycles. The van der Waals surface area contributed by atoms with Crippen molar-refractivity contribution in [2.75, 3.05) is 0 Å². The molecule has 3 aromatic heterocycles. The molecule has 0 radical (unpaired) electrons. The van der Waals surface area contributed by atoms with Crippen LogP contribution in [0.1, 0.15) is 37.7 Å². The SMILES string of the molecule is CCC(C)n1c(C)nc2c(c1=O)c1nc3ccccc3nc1n2-c1cccc(C)c1. The van der Waals surface area contributed by atoms with E-state index in [2.05, 4.69) is 13.0 Å². The molecule has 0 bridgehead atoms. The highest BCUT2D eigenvalue weighted by molar-refractivity contribution is 6.05. The van der Waals surface area contributed by atoms with Crippen molar-refractivity contribution in [3.63, 3.8) is 0 Å². The second-order valence-electron chi connectivity index (χ2n) is 7.85. The Morgan fingerprint density at radius 3 is 2.37 bits per heavy atom. The van der Waals surface area contributed by atoms with Crippen LogP contribution in [0.5, 0.6) is 0 Å². The van der Waals surface area contributed by atoms with E-state index >= 15 is 0 Å². The van der Waals surface area contributed by atoms with Gasteiger partial charge in [0.25, 0.3) is 5.56 Å². The second kappa shape index (κ2) is 6.76. The molecule has 5 aromatic rings. The van der Waals surface area contributed by atoms with Gasteiger partial charge in [0.2, 0.25) is 0 Å². The molecule has 0 N–H and O–H groups in total. The minimum atomic E-state index is -0.0622. The zero-order valence-electron chi connectivity index (χ0n) is 17.5. The van der Waals surface area contributed by atoms with Crippen LogP contribution in [0.2, 0.25) is 0 Å². The molecule has 1 atom stereocenters. The molecular formula is C24H23N5O. The van der Waals surface area contributed by atoms with Gasteiger partial charge in [0.1, 0.15) is 16.7 Å². The average Bonchev–Trinajstić information content (AvgIpc) is 3.04. The molecular weight excluding hydrogens is 374 g/mol. The molecule has 0 fully saturated rings. The Hall–Kier alpha value is -3.54. The first-order chi connectivity index (χ1) is 14.5. The summed E-state index contributed by atoms with van der Waals surface area (Å²) in [6.07, 6.45) is 0.846. The summed E-state index contributed by atoms with van der Waals surface area (Å²) < 4.78 is 3.74. The molecule has 0 amide bonds. The molecule has 5 rings (SSSR count). The van der Waals surface area contributed by atoms with E-state index in [0.29, 0.717) is 28.0 Å². The third-order valence-corrected chi connectivity index (χ3v) is 5.78. The fourth-order valence-corrected chi connectivity index (χ4v) is 4.12. The molecule has 30 heavy (non-hydrogen) atoms. The third-order valence-electron chi connectivity index (χ3n) is 5.78. The third kappa shape index (κ3) is 2.64. The fourth-order valence-electron chi connectivity index (χ4n) is 4.12. The van der Waals surface area contributed by atoms with Gasteiger partial charge in [0, 0.05) is 11.7 Å². The molecule has 1 unspecified atom stereocenters. The monoisotopic (exact) mass is 397 g/mol. The molecule has 0 spiro atoms. The lowest BCUT2D eigenvalue weighted by molar-refractivity contribution is 0.497. The highest BCUT2D eigenvalue weighted by Crippen LogP contribution is 2.29. The summed E-state index contributed by atoms with van der Waals surface area (Å²) in [5.41, 5.74) is 5.40. The second-order valence-corrected chi connectivity index (χ2v) is 7.85. The maximum atomic E-state index is 13.7. The van der Waals surface area contributed by atoms with Crippen molar-refractivity contribution in [3.8, 4) is 5.69 Å². The van der Waals surface area contributed by atoms with E-state index in [9.17, 15) is 4.79 Å². The van der Waals surface area contributed by atoms with Crippen LogP contribution >= 0.6 is 0 Å². The summed E-state index contributed by atoms with van der Waals surface area (Å²) >= 11 is 0. The van der Waals surface area contributed by atoms with Gasteiger partial charge in [0.05, 0.1) is 11.0 Å². The van der Waals surface area contributed by atoms with Gasteiger partial charge in [-0.2, -0.15) is 0 Å². The first-order valence-corrected chi connectivity index (χ1v) is 10.3. The van der Waals surface area contributed by atoms with Gasteiger partial charge in [-0.25, -0.2) is 15.0 Å². The van der Waals surface area contributed by atoms with E-state index in [1.54, 1.807) is 4.57 Å². The highest BCUT2D eigenvalue weighted by atomic mass is 16.1. The minimum Gasteiger partial charge on any atom is -0.293 e. The molecule has 6 nitrogen and oxygen atoms in total. The Morgan fingerprint density at radius 1 is 0.933 bits per heavy atom. The van der Waals surface area contributed by atoms with Gasteiger partial charge in [-0.1, -0.05) is 31.2 Å². The molecule has 150 valence electrons. The van der Waals surface area contributed by atoms with Gasteiger partial charge in [-0.15, -0.1) is 0 Å². The summed E-state index contributed by atoms with van der Waals surface area (Å²) in [7, 11) is 0. The van der Waals surface area contributed by atoms with Crippen LogP contribution in [0.3, 0.4) is 0 Å². The zero-order valence-corrected chi connectivity index (χ0v) is 17.5. The number of hydrogen-bond donors (Lipinski definition) is 0. The van der Waals surface area contributed by atoms with E-state index < -0.39 is 0 Å². The smallest absolute Gasteiger partial charge is 0.265 e. The van der Waals surface area contributed by atoms with Crippen molar-refractivity contribution in [1.29, 1.82) is 0 Å². The lowest BCUT2D eigenvalue weighted by Gasteiger charge is -2.16. The average molecular weight is 397 g/mol. The molecule has 6 heteroatoms. The minimum absolute atomic E-state index is 0.0557. The number of aryl methyl sites for hydroxylation is 2. The first-order valence-electron chi connectivity index (χ1n) is 10.3. The molecule has 3 heterocycles. The van der Waals surface area contributed by atoms with E-state index in [-0.39, 0.29) is 11.6 Å². The highest BCUT2D eigenvalue weighted by Gasteiger charge is 2.23. The number of para-hydroxylation sites is 2. The Kier molecular flexibility index (Phi) is 4.17. The van der Waals surface area contributed by atoms with Crippen molar-refractivity contribution in [2.45, 2.75) is 40.2 Å². The fraction of sp³-hybridized carbons (Fsp3) is 0.250. The zero-order chi connectivity index (χ0) is 21.0. The lowest BCUT2D eigenvalue weighted by atomic mass is 10.2. The van der Waals surface area contributed by atoms with Crippen LogP contribution in [0.25, 0.3) is 38.9 Å². The Balaban J connectivity index is 2.03. The first kappa shape index (κ1) is 18.5. The molecule has 0 saturated carbocycles. The molecule has 0 aliphatic heterocycles. The normalized spacial score (nSPS) is 12.8. The predicted molar refractivity (Wildman–Crippen MR) is 120 cm³/mol. The van der Waals surface area contributed by atoms with Gasteiger partial charge in [-0.05, 0) is 57.0 Å². The quantitative estimate of drug-likeness (QED) is 0.436. The topological polar surface area (TPSA) is 65.6 Å². The molecule has 0 aliphatic rings. The molecule has 0 saturated heterocycles. The largest absolute Gasteiger partial charge is 0.293 e. The van der Waals surface area contributed by atoms with Crippen LogP contribution in [0.15, 0.2) is 53.3 Å². The number of aromatic nitrogens is 5. The number of rotatable bonds is 3. The van der Waals surface area contributed by atoms with Crippen LogP contribution in [0, 0.1) is 13.8 Å². The predicted octanol–water partition coefficient (Wildman–Crippen LogP) is 4.87. The number of nitrogens with zero attached hydrogens (tertiary/aromatic N) is 5. The number of benzene rings is 2. The summed E-state index contributed by atoms with van der Waals surface area (Å²) in [4.78, 5) is 28.3. The Bertz CT molecular complexity index is 1500. The summed E-state index contributed by atoms with van der Waals surface area (Å²) in [5.74, 6) is 0.697.